The number of amides is 1. The topological polar surface area (TPSA) is 73.9 Å². The number of carbonyl (C=O) groups is 2. The lowest BCUT2D eigenvalue weighted by Gasteiger charge is -2.18. The number of ether oxygens (including phenoxy) is 3. The van der Waals surface area contributed by atoms with Crippen LogP contribution in [0.3, 0.4) is 0 Å². The van der Waals surface area contributed by atoms with Crippen LogP contribution in [0.25, 0.3) is 0 Å². The molecule has 0 spiro atoms. The molecule has 7 heteroatoms. The average Bonchev–Trinajstić information content (AvgIpc) is 2.95. The number of halogens is 1. The molecule has 1 heterocycles. The number of hydrogen-bond donors (Lipinski definition) is 1. The Kier molecular flexibility index (Phi) is 5.79. The maximum atomic E-state index is 12.0. The molecule has 0 atom stereocenters. The molecule has 0 radical (unpaired) electrons. The second-order valence-electron chi connectivity index (χ2n) is 7.24. The van der Waals surface area contributed by atoms with Gasteiger partial charge in [0.1, 0.15) is 5.60 Å². The van der Waals surface area contributed by atoms with Gasteiger partial charge in [-0.1, -0.05) is 29.8 Å². The quantitative estimate of drug-likeness (QED) is 0.740. The summed E-state index contributed by atoms with van der Waals surface area (Å²) in [5, 5.41) is 3.17. The van der Waals surface area contributed by atoms with Crippen LogP contribution in [-0.4, -0.2) is 30.7 Å². The van der Waals surface area contributed by atoms with Crippen molar-refractivity contribution in [2.45, 2.75) is 32.8 Å². The van der Waals surface area contributed by atoms with E-state index in [1.165, 1.54) is 0 Å². The fraction of sp³-hybridized carbons (Fsp3) is 0.333. The normalized spacial score (nSPS) is 14.0. The van der Waals surface area contributed by atoms with Gasteiger partial charge >= 0.3 is 5.97 Å². The van der Waals surface area contributed by atoms with Crippen LogP contribution < -0.4 is 14.8 Å². The smallest absolute Gasteiger partial charge is 0.344 e. The van der Waals surface area contributed by atoms with Crippen molar-refractivity contribution in [2.75, 3.05) is 18.5 Å². The minimum absolute atomic E-state index is 0.307. The third-order valence-corrected chi connectivity index (χ3v) is 4.47. The zero-order chi connectivity index (χ0) is 20.3. The summed E-state index contributed by atoms with van der Waals surface area (Å²) in [5.41, 5.74) is 2.16. The molecule has 0 bridgehead atoms. The van der Waals surface area contributed by atoms with Gasteiger partial charge in [0.05, 0.1) is 0 Å². The number of esters is 1. The van der Waals surface area contributed by atoms with Crippen molar-refractivity contribution in [1.29, 1.82) is 0 Å². The van der Waals surface area contributed by atoms with Crippen molar-refractivity contribution in [2.24, 2.45) is 0 Å². The van der Waals surface area contributed by atoms with E-state index < -0.39 is 18.5 Å². The number of rotatable bonds is 6. The van der Waals surface area contributed by atoms with Crippen LogP contribution in [0.2, 0.25) is 5.02 Å². The molecular weight excluding hydrogens is 382 g/mol. The molecule has 3 rings (SSSR count). The molecule has 0 saturated heterocycles. The third kappa shape index (κ3) is 4.95. The van der Waals surface area contributed by atoms with Gasteiger partial charge < -0.3 is 19.5 Å². The summed E-state index contributed by atoms with van der Waals surface area (Å²) >= 11 is 5.92. The number of anilines is 1. The molecule has 0 saturated carbocycles. The van der Waals surface area contributed by atoms with Gasteiger partial charge in [-0.3, -0.25) is 4.79 Å². The molecule has 2 aromatic rings. The number of hydrogen-bond acceptors (Lipinski definition) is 5. The number of nitrogens with one attached hydrogen (secondary N) is 1. The zero-order valence-corrected chi connectivity index (χ0v) is 16.8. The van der Waals surface area contributed by atoms with E-state index in [0.29, 0.717) is 22.2 Å². The van der Waals surface area contributed by atoms with E-state index >= 15 is 0 Å². The fourth-order valence-corrected chi connectivity index (χ4v) is 3.11. The number of benzene rings is 2. The maximum Gasteiger partial charge on any atom is 0.344 e. The van der Waals surface area contributed by atoms with Crippen molar-refractivity contribution < 1.29 is 23.8 Å². The van der Waals surface area contributed by atoms with Gasteiger partial charge in [-0.15, -0.1) is 0 Å². The van der Waals surface area contributed by atoms with Crippen LogP contribution in [0.4, 0.5) is 5.69 Å². The largest absolute Gasteiger partial charge is 0.483 e. The Morgan fingerprint density at radius 2 is 2.00 bits per heavy atom. The highest BCUT2D eigenvalue weighted by molar-refractivity contribution is 6.31. The first-order valence-electron chi connectivity index (χ1n) is 8.89. The lowest BCUT2D eigenvalue weighted by atomic mass is 10.0. The standard InChI is InChI=1S/C21H22ClNO5/c1-13-7-8-15(22)9-16(13)23-18(24)11-27-19(25)12-26-17-6-4-5-14-10-21(2,3)28-20(14)17/h4-9H,10-12H2,1-3H3,(H,23,24). The summed E-state index contributed by atoms with van der Waals surface area (Å²) in [6, 6.07) is 10.7. The summed E-state index contributed by atoms with van der Waals surface area (Å²) < 4.78 is 16.4. The summed E-state index contributed by atoms with van der Waals surface area (Å²) in [6.07, 6.45) is 0.771. The first-order chi connectivity index (χ1) is 13.2. The van der Waals surface area contributed by atoms with Crippen molar-refractivity contribution in [1.82, 2.24) is 0 Å². The Morgan fingerprint density at radius 1 is 1.21 bits per heavy atom. The van der Waals surface area contributed by atoms with Gasteiger partial charge in [-0.05, 0) is 44.5 Å². The highest BCUT2D eigenvalue weighted by Gasteiger charge is 2.32. The van der Waals surface area contributed by atoms with Gasteiger partial charge in [-0.25, -0.2) is 4.79 Å². The second kappa shape index (κ2) is 8.10. The van der Waals surface area contributed by atoms with Crippen molar-refractivity contribution in [3.63, 3.8) is 0 Å². The molecule has 1 N–H and O–H groups in total. The van der Waals surface area contributed by atoms with E-state index in [1.54, 1.807) is 24.3 Å². The van der Waals surface area contributed by atoms with Crippen LogP contribution in [0.1, 0.15) is 25.0 Å². The van der Waals surface area contributed by atoms with E-state index in [-0.39, 0.29) is 12.2 Å². The second-order valence-corrected chi connectivity index (χ2v) is 7.68. The lowest BCUT2D eigenvalue weighted by Crippen LogP contribution is -2.25. The minimum atomic E-state index is -0.646. The molecule has 0 aliphatic carbocycles. The first-order valence-corrected chi connectivity index (χ1v) is 9.27. The van der Waals surface area contributed by atoms with Crippen LogP contribution in [0, 0.1) is 6.92 Å². The van der Waals surface area contributed by atoms with Crippen LogP contribution in [0.15, 0.2) is 36.4 Å². The van der Waals surface area contributed by atoms with Crippen molar-refractivity contribution >= 4 is 29.2 Å². The third-order valence-electron chi connectivity index (χ3n) is 4.24. The Morgan fingerprint density at radius 3 is 2.79 bits per heavy atom. The summed E-state index contributed by atoms with van der Waals surface area (Å²) in [6.45, 7) is 5.10. The van der Waals surface area contributed by atoms with Crippen molar-refractivity contribution in [3.05, 3.63) is 52.5 Å². The van der Waals surface area contributed by atoms with Crippen LogP contribution in [0.5, 0.6) is 11.5 Å². The van der Waals surface area contributed by atoms with Crippen molar-refractivity contribution in [3.8, 4) is 11.5 Å². The summed E-state index contributed by atoms with van der Waals surface area (Å²) in [7, 11) is 0. The molecule has 1 amide bonds. The molecule has 1 aliphatic heterocycles. The Hall–Kier alpha value is -2.73. The van der Waals surface area contributed by atoms with Crippen LogP contribution in [-0.2, 0) is 20.7 Å². The first kappa shape index (κ1) is 20.0. The molecule has 28 heavy (non-hydrogen) atoms. The Balaban J connectivity index is 1.49. The van der Waals surface area contributed by atoms with E-state index in [9.17, 15) is 9.59 Å². The predicted molar refractivity (Wildman–Crippen MR) is 106 cm³/mol. The van der Waals surface area contributed by atoms with Crippen LogP contribution >= 0.6 is 11.6 Å². The fourth-order valence-electron chi connectivity index (χ4n) is 2.94. The molecule has 0 aromatic heterocycles. The van der Waals surface area contributed by atoms with Gasteiger partial charge in [0, 0.05) is 22.7 Å². The van der Waals surface area contributed by atoms with E-state index in [0.717, 1.165) is 17.5 Å². The Bertz CT molecular complexity index is 910. The number of aryl methyl sites for hydroxylation is 1. The molecule has 148 valence electrons. The molecule has 6 nitrogen and oxygen atoms in total. The van der Waals surface area contributed by atoms with Gasteiger partial charge in [0.2, 0.25) is 0 Å². The minimum Gasteiger partial charge on any atom is -0.483 e. The Labute approximate surface area is 168 Å². The van der Waals surface area contributed by atoms with Gasteiger partial charge in [0.25, 0.3) is 5.91 Å². The maximum absolute atomic E-state index is 12.0. The SMILES string of the molecule is Cc1ccc(Cl)cc1NC(=O)COC(=O)COc1cccc2c1OC(C)(C)C2. The molecule has 2 aromatic carbocycles. The van der Waals surface area contributed by atoms with E-state index in [2.05, 4.69) is 5.32 Å². The lowest BCUT2D eigenvalue weighted by molar-refractivity contribution is -0.149. The van der Waals surface area contributed by atoms with Gasteiger partial charge in [-0.2, -0.15) is 0 Å². The highest BCUT2D eigenvalue weighted by atomic mass is 35.5. The molecular formula is C21H22ClNO5. The molecule has 1 aliphatic rings. The molecule has 0 fully saturated rings. The van der Waals surface area contributed by atoms with E-state index in [4.69, 9.17) is 25.8 Å². The van der Waals surface area contributed by atoms with Gasteiger partial charge in [0.15, 0.2) is 24.7 Å². The number of carbonyl (C=O) groups excluding carboxylic acids is 2. The predicted octanol–water partition coefficient (Wildman–Crippen LogP) is 3.92. The monoisotopic (exact) mass is 403 g/mol. The zero-order valence-electron chi connectivity index (χ0n) is 16.0. The van der Waals surface area contributed by atoms with E-state index in [1.807, 2.05) is 32.9 Å². The molecule has 0 unspecified atom stereocenters. The number of para-hydroxylation sites is 1. The highest BCUT2D eigenvalue weighted by Crippen LogP contribution is 2.41. The summed E-state index contributed by atoms with van der Waals surface area (Å²) in [5.74, 6) is 0.0331. The summed E-state index contributed by atoms with van der Waals surface area (Å²) in [4.78, 5) is 23.9. The number of fused-ring (bicyclic) bond motifs is 1. The average molecular weight is 404 g/mol.